The summed E-state index contributed by atoms with van der Waals surface area (Å²) in [5, 5.41) is 10.8. The Kier molecular flexibility index (Phi) is 3.79. The molecular weight excluding hydrogens is 194 g/mol. The van der Waals surface area contributed by atoms with E-state index in [2.05, 4.69) is 15.5 Å². The minimum Gasteiger partial charge on any atom is -0.368 e. The molecule has 0 saturated heterocycles. The number of primary amides is 1. The summed E-state index contributed by atoms with van der Waals surface area (Å²) in [7, 11) is 1.86. The molecular formula is C9H17N5O. The number of aryl methyl sites for hydroxylation is 1. The van der Waals surface area contributed by atoms with E-state index in [0.29, 0.717) is 6.42 Å². The maximum Gasteiger partial charge on any atom is 0.234 e. The Balaban J connectivity index is 2.66. The van der Waals surface area contributed by atoms with E-state index < -0.39 is 0 Å². The molecule has 6 nitrogen and oxygen atoms in total. The number of nitrogens with one attached hydrogen (secondary N) is 1. The van der Waals surface area contributed by atoms with Crippen molar-refractivity contribution in [1.82, 2.24) is 20.1 Å². The minimum absolute atomic E-state index is 0.0463. The fourth-order valence-corrected chi connectivity index (χ4v) is 1.46. The average molecular weight is 211 g/mol. The van der Waals surface area contributed by atoms with E-state index in [1.807, 2.05) is 25.5 Å². The van der Waals surface area contributed by atoms with Gasteiger partial charge in [0.05, 0.1) is 12.1 Å². The summed E-state index contributed by atoms with van der Waals surface area (Å²) < 4.78 is 1.81. The first-order valence-corrected chi connectivity index (χ1v) is 4.95. The third kappa shape index (κ3) is 2.76. The molecule has 3 N–H and O–H groups in total. The first kappa shape index (κ1) is 11.6. The molecule has 0 aliphatic carbocycles. The predicted molar refractivity (Wildman–Crippen MR) is 55.8 cm³/mol. The van der Waals surface area contributed by atoms with Gasteiger partial charge in [0.25, 0.3) is 0 Å². The standard InChI is InChI=1S/C9H17N5O/c1-4-7(8(10)15)12-6(2)9-13-11-5-14(9)3/h5-7,12H,4H2,1-3H3,(H2,10,15). The first-order chi connectivity index (χ1) is 7.06. The third-order valence-electron chi connectivity index (χ3n) is 2.34. The van der Waals surface area contributed by atoms with Gasteiger partial charge in [0.2, 0.25) is 5.91 Å². The van der Waals surface area contributed by atoms with E-state index >= 15 is 0 Å². The summed E-state index contributed by atoms with van der Waals surface area (Å²) in [5.41, 5.74) is 5.24. The highest BCUT2D eigenvalue weighted by molar-refractivity contribution is 5.79. The molecule has 1 rings (SSSR count). The smallest absolute Gasteiger partial charge is 0.234 e. The fourth-order valence-electron chi connectivity index (χ4n) is 1.46. The van der Waals surface area contributed by atoms with Crippen LogP contribution in [0.25, 0.3) is 0 Å². The van der Waals surface area contributed by atoms with Crippen LogP contribution >= 0.6 is 0 Å². The Hall–Kier alpha value is -1.43. The van der Waals surface area contributed by atoms with E-state index in [9.17, 15) is 4.79 Å². The monoisotopic (exact) mass is 211 g/mol. The molecule has 0 radical (unpaired) electrons. The maximum absolute atomic E-state index is 11.0. The van der Waals surface area contributed by atoms with Crippen LogP contribution in [0.4, 0.5) is 0 Å². The summed E-state index contributed by atoms with van der Waals surface area (Å²) >= 11 is 0. The van der Waals surface area contributed by atoms with Crippen LogP contribution in [0, 0.1) is 0 Å². The van der Waals surface area contributed by atoms with Crippen LogP contribution in [-0.4, -0.2) is 26.7 Å². The van der Waals surface area contributed by atoms with Crippen LogP contribution in [0.5, 0.6) is 0 Å². The molecule has 0 saturated carbocycles. The van der Waals surface area contributed by atoms with E-state index in [1.165, 1.54) is 0 Å². The molecule has 2 atom stereocenters. The van der Waals surface area contributed by atoms with Crippen molar-refractivity contribution in [1.29, 1.82) is 0 Å². The quantitative estimate of drug-likeness (QED) is 0.702. The lowest BCUT2D eigenvalue weighted by Gasteiger charge is -2.18. The zero-order valence-electron chi connectivity index (χ0n) is 9.27. The molecule has 1 heterocycles. The molecule has 0 aromatic carbocycles. The van der Waals surface area contributed by atoms with Gasteiger partial charge < -0.3 is 10.3 Å². The first-order valence-electron chi connectivity index (χ1n) is 4.95. The highest BCUT2D eigenvalue weighted by Gasteiger charge is 2.18. The molecule has 1 aromatic heterocycles. The summed E-state index contributed by atoms with van der Waals surface area (Å²) in [6, 6.07) is -0.369. The normalized spacial score (nSPS) is 14.9. The van der Waals surface area contributed by atoms with Gasteiger partial charge in [0.1, 0.15) is 12.2 Å². The van der Waals surface area contributed by atoms with Crippen LogP contribution < -0.4 is 11.1 Å². The van der Waals surface area contributed by atoms with Crippen molar-refractivity contribution >= 4 is 5.91 Å². The molecule has 1 amide bonds. The molecule has 0 bridgehead atoms. The Labute approximate surface area is 88.9 Å². The van der Waals surface area contributed by atoms with Gasteiger partial charge in [0.15, 0.2) is 0 Å². The lowest BCUT2D eigenvalue weighted by atomic mass is 10.2. The number of nitrogens with two attached hydrogens (primary N) is 1. The molecule has 1 aromatic rings. The number of nitrogens with zero attached hydrogens (tertiary/aromatic N) is 3. The summed E-state index contributed by atoms with van der Waals surface area (Å²) in [5.74, 6) is 0.446. The summed E-state index contributed by atoms with van der Waals surface area (Å²) in [6.07, 6.45) is 2.29. The van der Waals surface area contributed by atoms with Gasteiger partial charge in [-0.05, 0) is 13.3 Å². The number of amides is 1. The van der Waals surface area contributed by atoms with Gasteiger partial charge in [-0.25, -0.2) is 0 Å². The van der Waals surface area contributed by atoms with Crippen molar-refractivity contribution in [2.75, 3.05) is 0 Å². The van der Waals surface area contributed by atoms with E-state index in [1.54, 1.807) is 6.33 Å². The van der Waals surface area contributed by atoms with Crippen molar-refractivity contribution in [2.24, 2.45) is 12.8 Å². The van der Waals surface area contributed by atoms with Crippen molar-refractivity contribution in [3.63, 3.8) is 0 Å². The Morgan fingerprint density at radius 3 is 2.80 bits per heavy atom. The van der Waals surface area contributed by atoms with Gasteiger partial charge in [-0.2, -0.15) is 0 Å². The van der Waals surface area contributed by atoms with Crippen molar-refractivity contribution < 1.29 is 4.79 Å². The summed E-state index contributed by atoms with van der Waals surface area (Å²) in [6.45, 7) is 3.83. The van der Waals surface area contributed by atoms with Crippen molar-refractivity contribution in [3.8, 4) is 0 Å². The minimum atomic E-state index is -0.341. The Bertz CT molecular complexity index is 335. The van der Waals surface area contributed by atoms with Crippen LogP contribution in [-0.2, 0) is 11.8 Å². The highest BCUT2D eigenvalue weighted by Crippen LogP contribution is 2.08. The van der Waals surface area contributed by atoms with Crippen LogP contribution in [0.15, 0.2) is 6.33 Å². The molecule has 0 aliphatic heterocycles. The summed E-state index contributed by atoms with van der Waals surface area (Å²) in [4.78, 5) is 11.0. The molecule has 84 valence electrons. The van der Waals surface area contributed by atoms with Crippen molar-refractivity contribution in [2.45, 2.75) is 32.4 Å². The number of rotatable bonds is 5. The second kappa shape index (κ2) is 4.88. The zero-order valence-corrected chi connectivity index (χ0v) is 9.27. The van der Waals surface area contributed by atoms with Gasteiger partial charge >= 0.3 is 0 Å². The Morgan fingerprint density at radius 2 is 2.40 bits per heavy atom. The molecule has 0 aliphatic rings. The number of carbonyl (C=O) groups excluding carboxylic acids is 1. The van der Waals surface area contributed by atoms with Crippen LogP contribution in [0.1, 0.15) is 32.1 Å². The lowest BCUT2D eigenvalue weighted by molar-refractivity contribution is -0.120. The number of carbonyl (C=O) groups is 1. The van der Waals surface area contributed by atoms with Crippen LogP contribution in [0.3, 0.4) is 0 Å². The lowest BCUT2D eigenvalue weighted by Crippen LogP contribution is -2.42. The second-order valence-corrected chi connectivity index (χ2v) is 3.55. The zero-order chi connectivity index (χ0) is 11.4. The number of aromatic nitrogens is 3. The Morgan fingerprint density at radius 1 is 1.73 bits per heavy atom. The van der Waals surface area contributed by atoms with E-state index in [4.69, 9.17) is 5.73 Å². The van der Waals surface area contributed by atoms with Gasteiger partial charge in [-0.15, -0.1) is 10.2 Å². The third-order valence-corrected chi connectivity index (χ3v) is 2.34. The molecule has 15 heavy (non-hydrogen) atoms. The molecule has 6 heteroatoms. The molecule has 0 fully saturated rings. The van der Waals surface area contributed by atoms with E-state index in [0.717, 1.165) is 5.82 Å². The van der Waals surface area contributed by atoms with Gasteiger partial charge in [-0.1, -0.05) is 6.92 Å². The van der Waals surface area contributed by atoms with Crippen LogP contribution in [0.2, 0.25) is 0 Å². The van der Waals surface area contributed by atoms with Gasteiger partial charge in [-0.3, -0.25) is 10.1 Å². The topological polar surface area (TPSA) is 85.8 Å². The highest BCUT2D eigenvalue weighted by atomic mass is 16.1. The SMILES string of the molecule is CCC(NC(C)c1nncn1C)C(N)=O. The number of hydrogen-bond acceptors (Lipinski definition) is 4. The second-order valence-electron chi connectivity index (χ2n) is 3.55. The molecule has 2 unspecified atom stereocenters. The van der Waals surface area contributed by atoms with Crippen molar-refractivity contribution in [3.05, 3.63) is 12.2 Å². The molecule has 0 spiro atoms. The largest absolute Gasteiger partial charge is 0.368 e. The van der Waals surface area contributed by atoms with E-state index in [-0.39, 0.29) is 18.0 Å². The fraction of sp³-hybridized carbons (Fsp3) is 0.667. The predicted octanol–water partition coefficient (Wildman–Crippen LogP) is -0.270. The number of hydrogen-bond donors (Lipinski definition) is 2. The maximum atomic E-state index is 11.0. The average Bonchev–Trinajstić information content (AvgIpc) is 2.60. The van der Waals surface area contributed by atoms with Gasteiger partial charge in [0, 0.05) is 7.05 Å².